The molecule has 0 fully saturated rings. The van der Waals surface area contributed by atoms with E-state index in [0.29, 0.717) is 5.82 Å². The molecule has 0 atom stereocenters. The van der Waals surface area contributed by atoms with Crippen LogP contribution in [-0.4, -0.2) is 10.5 Å². The van der Waals surface area contributed by atoms with Crippen LogP contribution in [-0.2, 0) is 0 Å². The summed E-state index contributed by atoms with van der Waals surface area (Å²) >= 11 is 0. The molecule has 0 radical (unpaired) electrons. The van der Waals surface area contributed by atoms with Crippen LogP contribution in [0.2, 0.25) is 0 Å². The Hall–Kier alpha value is -1.32. The minimum Gasteiger partial charge on any atom is -0.384 e. The maximum Gasteiger partial charge on any atom is 0.165 e. The van der Waals surface area contributed by atoms with E-state index in [-0.39, 0.29) is 17.2 Å². The van der Waals surface area contributed by atoms with Crippen LogP contribution in [0.25, 0.3) is 0 Å². The molecule has 0 bridgehead atoms. The number of halogens is 1. The summed E-state index contributed by atoms with van der Waals surface area (Å²) in [7, 11) is 0. The number of pyridine rings is 1. The highest BCUT2D eigenvalue weighted by Crippen LogP contribution is 2.17. The number of hydrogen-bond donors (Lipinski definition) is 2. The van der Waals surface area contributed by atoms with E-state index in [9.17, 15) is 4.39 Å². The van der Waals surface area contributed by atoms with Crippen molar-refractivity contribution in [2.45, 2.75) is 26.3 Å². The quantitative estimate of drug-likeness (QED) is 0.700. The van der Waals surface area contributed by atoms with E-state index in [1.807, 2.05) is 20.8 Å². The molecule has 0 saturated carbocycles. The van der Waals surface area contributed by atoms with Crippen LogP contribution in [0, 0.1) is 5.82 Å². The molecular weight excluding hydrogens is 169 g/mol. The first-order valence-electron chi connectivity index (χ1n) is 4.09. The fourth-order valence-electron chi connectivity index (χ4n) is 0.900. The normalized spacial score (nSPS) is 11.4. The number of rotatable bonds is 1. The van der Waals surface area contributed by atoms with Crippen LogP contribution in [0.4, 0.5) is 16.0 Å². The van der Waals surface area contributed by atoms with Gasteiger partial charge >= 0.3 is 0 Å². The Morgan fingerprint density at radius 1 is 1.38 bits per heavy atom. The zero-order chi connectivity index (χ0) is 10.1. The van der Waals surface area contributed by atoms with Gasteiger partial charge in [0, 0.05) is 5.54 Å². The van der Waals surface area contributed by atoms with Crippen LogP contribution in [0.3, 0.4) is 0 Å². The Labute approximate surface area is 77.2 Å². The van der Waals surface area contributed by atoms with Crippen LogP contribution < -0.4 is 11.1 Å². The topological polar surface area (TPSA) is 50.9 Å². The number of nitrogen functional groups attached to an aromatic ring is 1. The predicted octanol–water partition coefficient (Wildman–Crippen LogP) is 2.01. The van der Waals surface area contributed by atoms with Gasteiger partial charge in [-0.1, -0.05) is 0 Å². The van der Waals surface area contributed by atoms with Crippen molar-refractivity contribution in [2.75, 3.05) is 11.1 Å². The number of nitrogens with one attached hydrogen (secondary N) is 1. The molecular formula is C9H14FN3. The summed E-state index contributed by atoms with van der Waals surface area (Å²) in [5.74, 6) is 0.129. The van der Waals surface area contributed by atoms with Gasteiger partial charge in [0.25, 0.3) is 0 Å². The zero-order valence-electron chi connectivity index (χ0n) is 8.06. The minimum absolute atomic E-state index is 0.201. The van der Waals surface area contributed by atoms with Gasteiger partial charge in [0.1, 0.15) is 5.82 Å². The Morgan fingerprint density at radius 2 is 2.00 bits per heavy atom. The van der Waals surface area contributed by atoms with Crippen molar-refractivity contribution in [1.29, 1.82) is 0 Å². The van der Waals surface area contributed by atoms with Gasteiger partial charge < -0.3 is 11.1 Å². The first kappa shape index (κ1) is 9.77. The zero-order valence-corrected chi connectivity index (χ0v) is 8.06. The number of aromatic nitrogens is 1. The summed E-state index contributed by atoms with van der Waals surface area (Å²) in [5.41, 5.74) is 5.21. The molecule has 3 N–H and O–H groups in total. The van der Waals surface area contributed by atoms with Crippen LogP contribution in [0.15, 0.2) is 12.1 Å². The van der Waals surface area contributed by atoms with Gasteiger partial charge in [-0.25, -0.2) is 9.37 Å². The Balaban J connectivity index is 2.94. The first-order chi connectivity index (χ1) is 5.88. The van der Waals surface area contributed by atoms with Gasteiger partial charge in [0.05, 0.1) is 0 Å². The van der Waals surface area contributed by atoms with E-state index in [1.54, 1.807) is 0 Å². The van der Waals surface area contributed by atoms with Gasteiger partial charge in [-0.15, -0.1) is 0 Å². The largest absolute Gasteiger partial charge is 0.384 e. The molecule has 1 heterocycles. The third-order valence-electron chi connectivity index (χ3n) is 1.36. The van der Waals surface area contributed by atoms with Gasteiger partial charge in [-0.2, -0.15) is 0 Å². The molecule has 0 amide bonds. The molecule has 0 aliphatic rings. The van der Waals surface area contributed by atoms with Gasteiger partial charge in [-0.05, 0) is 32.9 Å². The Bertz CT molecular complexity index is 304. The highest BCUT2D eigenvalue weighted by Gasteiger charge is 2.13. The molecule has 0 aliphatic heterocycles. The SMILES string of the molecule is CC(C)(C)Nc1nc(N)ccc1F. The summed E-state index contributed by atoms with van der Waals surface area (Å²) in [6, 6.07) is 2.74. The molecule has 1 aromatic heterocycles. The molecule has 0 aliphatic carbocycles. The smallest absolute Gasteiger partial charge is 0.165 e. The Morgan fingerprint density at radius 3 is 2.54 bits per heavy atom. The van der Waals surface area contributed by atoms with E-state index < -0.39 is 0 Å². The molecule has 0 saturated heterocycles. The van der Waals surface area contributed by atoms with E-state index >= 15 is 0 Å². The third kappa shape index (κ3) is 2.89. The van der Waals surface area contributed by atoms with Crippen LogP contribution in [0.5, 0.6) is 0 Å². The number of nitrogens with two attached hydrogens (primary N) is 1. The molecule has 4 heteroatoms. The van der Waals surface area contributed by atoms with E-state index in [4.69, 9.17) is 5.73 Å². The lowest BCUT2D eigenvalue weighted by molar-refractivity contribution is 0.591. The van der Waals surface area contributed by atoms with Crippen molar-refractivity contribution in [3.8, 4) is 0 Å². The maximum absolute atomic E-state index is 13.1. The molecule has 0 aromatic carbocycles. The fourth-order valence-corrected chi connectivity index (χ4v) is 0.900. The standard InChI is InChI=1S/C9H14FN3/c1-9(2,3)13-8-6(10)4-5-7(11)12-8/h4-5H,1-3H3,(H3,11,12,13). The fraction of sp³-hybridized carbons (Fsp3) is 0.444. The summed E-state index contributed by atoms with van der Waals surface area (Å²) in [5, 5.41) is 2.92. The van der Waals surface area contributed by atoms with Crippen molar-refractivity contribution >= 4 is 11.6 Å². The highest BCUT2D eigenvalue weighted by atomic mass is 19.1. The average molecular weight is 183 g/mol. The number of nitrogens with zero attached hydrogens (tertiary/aromatic N) is 1. The average Bonchev–Trinajstić information content (AvgIpc) is 1.94. The molecule has 72 valence electrons. The van der Waals surface area contributed by atoms with Crippen LogP contribution >= 0.6 is 0 Å². The molecule has 0 unspecified atom stereocenters. The van der Waals surface area contributed by atoms with Gasteiger partial charge in [-0.3, -0.25) is 0 Å². The first-order valence-corrected chi connectivity index (χ1v) is 4.09. The third-order valence-corrected chi connectivity index (χ3v) is 1.36. The summed E-state index contributed by atoms with van der Waals surface area (Å²) in [4.78, 5) is 3.85. The van der Waals surface area contributed by atoms with E-state index in [2.05, 4.69) is 10.3 Å². The number of anilines is 2. The molecule has 0 spiro atoms. The monoisotopic (exact) mass is 183 g/mol. The second-order valence-corrected chi connectivity index (χ2v) is 3.94. The van der Waals surface area contributed by atoms with Crippen molar-refractivity contribution in [3.05, 3.63) is 17.9 Å². The van der Waals surface area contributed by atoms with Crippen molar-refractivity contribution in [3.63, 3.8) is 0 Å². The second-order valence-electron chi connectivity index (χ2n) is 3.94. The molecule has 1 aromatic rings. The molecule has 13 heavy (non-hydrogen) atoms. The summed E-state index contributed by atoms with van der Waals surface area (Å²) in [6.45, 7) is 5.78. The highest BCUT2D eigenvalue weighted by molar-refractivity contribution is 5.45. The van der Waals surface area contributed by atoms with Gasteiger partial charge in [0.2, 0.25) is 0 Å². The Kier molecular flexibility index (Phi) is 2.40. The van der Waals surface area contributed by atoms with Crippen molar-refractivity contribution < 1.29 is 4.39 Å². The summed E-state index contributed by atoms with van der Waals surface area (Å²) in [6.07, 6.45) is 0. The predicted molar refractivity (Wildman–Crippen MR) is 52.0 cm³/mol. The summed E-state index contributed by atoms with van der Waals surface area (Å²) < 4.78 is 13.1. The van der Waals surface area contributed by atoms with Crippen molar-refractivity contribution in [1.82, 2.24) is 4.98 Å². The molecule has 1 rings (SSSR count). The lowest BCUT2D eigenvalue weighted by atomic mass is 10.1. The van der Waals surface area contributed by atoms with E-state index in [1.165, 1.54) is 12.1 Å². The molecule has 3 nitrogen and oxygen atoms in total. The van der Waals surface area contributed by atoms with Crippen molar-refractivity contribution in [2.24, 2.45) is 0 Å². The second kappa shape index (κ2) is 3.20. The minimum atomic E-state index is -0.385. The lowest BCUT2D eigenvalue weighted by Crippen LogP contribution is -2.27. The van der Waals surface area contributed by atoms with E-state index in [0.717, 1.165) is 0 Å². The van der Waals surface area contributed by atoms with Crippen LogP contribution in [0.1, 0.15) is 20.8 Å². The lowest BCUT2D eigenvalue weighted by Gasteiger charge is -2.21. The maximum atomic E-state index is 13.1. The number of hydrogen-bond acceptors (Lipinski definition) is 3. The van der Waals surface area contributed by atoms with Gasteiger partial charge in [0.15, 0.2) is 11.6 Å².